The second-order valence-corrected chi connectivity index (χ2v) is 4.03. The van der Waals surface area contributed by atoms with Crippen molar-refractivity contribution >= 4 is 11.6 Å². The number of hydrogen-bond donors (Lipinski definition) is 1. The molecule has 1 atom stereocenters. The molecule has 1 aromatic rings. The SMILES string of the molecule is CN(CCO)CC(Cl)c1ccc(F)cc1. The Morgan fingerprint density at radius 2 is 2.00 bits per heavy atom. The first-order valence-corrected chi connectivity index (χ1v) is 5.26. The molecule has 2 nitrogen and oxygen atoms in total. The van der Waals surface area contributed by atoms with Crippen molar-refractivity contribution in [2.45, 2.75) is 5.38 Å². The first kappa shape index (κ1) is 12.4. The molecule has 0 amide bonds. The van der Waals surface area contributed by atoms with Gasteiger partial charge in [-0.05, 0) is 24.7 Å². The van der Waals surface area contributed by atoms with Crippen molar-refractivity contribution in [3.8, 4) is 0 Å². The third kappa shape index (κ3) is 4.16. The Kier molecular flexibility index (Phi) is 5.02. The van der Waals surface area contributed by atoms with E-state index < -0.39 is 0 Å². The van der Waals surface area contributed by atoms with Gasteiger partial charge < -0.3 is 10.0 Å². The molecular weight excluding hydrogens is 217 g/mol. The van der Waals surface area contributed by atoms with Gasteiger partial charge >= 0.3 is 0 Å². The maximum atomic E-state index is 12.6. The van der Waals surface area contributed by atoms with Crippen molar-refractivity contribution in [3.05, 3.63) is 35.6 Å². The van der Waals surface area contributed by atoms with Gasteiger partial charge in [0.1, 0.15) is 5.82 Å². The van der Waals surface area contributed by atoms with Crippen LogP contribution in [0.3, 0.4) is 0 Å². The molecule has 0 aliphatic carbocycles. The second-order valence-electron chi connectivity index (χ2n) is 3.50. The Labute approximate surface area is 94.3 Å². The number of rotatable bonds is 5. The number of alkyl halides is 1. The van der Waals surface area contributed by atoms with Crippen LogP contribution in [0.15, 0.2) is 24.3 Å². The highest BCUT2D eigenvalue weighted by molar-refractivity contribution is 6.21. The number of nitrogens with zero attached hydrogens (tertiary/aromatic N) is 1. The van der Waals surface area contributed by atoms with E-state index in [9.17, 15) is 4.39 Å². The molecular formula is C11H15ClFNO. The van der Waals surface area contributed by atoms with Gasteiger partial charge in [0.2, 0.25) is 0 Å². The van der Waals surface area contributed by atoms with Crippen LogP contribution >= 0.6 is 11.6 Å². The van der Waals surface area contributed by atoms with Gasteiger partial charge in [-0.25, -0.2) is 4.39 Å². The van der Waals surface area contributed by atoms with E-state index in [1.807, 2.05) is 11.9 Å². The van der Waals surface area contributed by atoms with E-state index in [0.717, 1.165) is 5.56 Å². The summed E-state index contributed by atoms with van der Waals surface area (Å²) in [5.41, 5.74) is 0.892. The molecule has 0 saturated carbocycles. The van der Waals surface area contributed by atoms with E-state index in [1.54, 1.807) is 12.1 Å². The first-order valence-electron chi connectivity index (χ1n) is 4.82. The van der Waals surface area contributed by atoms with Crippen LogP contribution in [0, 0.1) is 5.82 Å². The molecule has 0 spiro atoms. The van der Waals surface area contributed by atoms with E-state index in [4.69, 9.17) is 16.7 Å². The molecule has 0 saturated heterocycles. The molecule has 1 unspecified atom stereocenters. The lowest BCUT2D eigenvalue weighted by atomic mass is 10.1. The fourth-order valence-electron chi connectivity index (χ4n) is 1.31. The van der Waals surface area contributed by atoms with E-state index >= 15 is 0 Å². The fourth-order valence-corrected chi connectivity index (χ4v) is 1.69. The smallest absolute Gasteiger partial charge is 0.123 e. The molecule has 84 valence electrons. The third-order valence-electron chi connectivity index (χ3n) is 2.19. The summed E-state index contributed by atoms with van der Waals surface area (Å²) < 4.78 is 12.6. The fraction of sp³-hybridized carbons (Fsp3) is 0.455. The van der Waals surface area contributed by atoms with Crippen molar-refractivity contribution in [2.75, 3.05) is 26.7 Å². The minimum Gasteiger partial charge on any atom is -0.395 e. The Bertz CT molecular complexity index is 291. The highest BCUT2D eigenvalue weighted by Gasteiger charge is 2.10. The predicted octanol–water partition coefficient (Wildman–Crippen LogP) is 2.03. The Balaban J connectivity index is 2.53. The van der Waals surface area contributed by atoms with Gasteiger partial charge in [-0.2, -0.15) is 0 Å². The quantitative estimate of drug-likeness (QED) is 0.784. The van der Waals surface area contributed by atoms with Crippen molar-refractivity contribution in [1.82, 2.24) is 4.90 Å². The monoisotopic (exact) mass is 231 g/mol. The first-order chi connectivity index (χ1) is 7.13. The number of likely N-dealkylation sites (N-methyl/N-ethyl adjacent to an activating group) is 1. The molecule has 1 rings (SSSR count). The number of halogens is 2. The maximum absolute atomic E-state index is 12.6. The van der Waals surface area contributed by atoms with Crippen molar-refractivity contribution in [3.63, 3.8) is 0 Å². The minimum atomic E-state index is -0.258. The molecule has 4 heteroatoms. The van der Waals surface area contributed by atoms with Gasteiger partial charge in [-0.1, -0.05) is 12.1 Å². The minimum absolute atomic E-state index is 0.115. The molecule has 0 radical (unpaired) electrons. The highest BCUT2D eigenvalue weighted by atomic mass is 35.5. The summed E-state index contributed by atoms with van der Waals surface area (Å²) in [6.45, 7) is 1.34. The van der Waals surface area contributed by atoms with E-state index in [-0.39, 0.29) is 17.8 Å². The third-order valence-corrected chi connectivity index (χ3v) is 2.58. The van der Waals surface area contributed by atoms with Crippen LogP contribution in [-0.4, -0.2) is 36.8 Å². The molecule has 15 heavy (non-hydrogen) atoms. The van der Waals surface area contributed by atoms with Gasteiger partial charge in [0.25, 0.3) is 0 Å². The van der Waals surface area contributed by atoms with Gasteiger partial charge in [-0.15, -0.1) is 11.6 Å². The molecule has 0 aliphatic heterocycles. The lowest BCUT2D eigenvalue weighted by Gasteiger charge is -2.19. The molecule has 0 heterocycles. The van der Waals surface area contributed by atoms with E-state index in [0.29, 0.717) is 13.1 Å². The largest absolute Gasteiger partial charge is 0.395 e. The van der Waals surface area contributed by atoms with Crippen molar-refractivity contribution in [1.29, 1.82) is 0 Å². The summed E-state index contributed by atoms with van der Waals surface area (Å²) >= 11 is 6.14. The maximum Gasteiger partial charge on any atom is 0.123 e. The second kappa shape index (κ2) is 6.05. The molecule has 0 bridgehead atoms. The number of aliphatic hydroxyl groups excluding tert-OH is 1. The summed E-state index contributed by atoms with van der Waals surface area (Å²) in [5.74, 6) is -0.258. The van der Waals surface area contributed by atoms with Crippen LogP contribution in [0.4, 0.5) is 4.39 Å². The normalized spacial score (nSPS) is 13.1. The van der Waals surface area contributed by atoms with Crippen molar-refractivity contribution in [2.24, 2.45) is 0 Å². The summed E-state index contributed by atoms with van der Waals surface area (Å²) in [6.07, 6.45) is 0. The topological polar surface area (TPSA) is 23.5 Å². The summed E-state index contributed by atoms with van der Waals surface area (Å²) in [7, 11) is 1.88. The zero-order valence-electron chi connectivity index (χ0n) is 8.66. The summed E-state index contributed by atoms with van der Waals surface area (Å²) in [5, 5.41) is 8.54. The summed E-state index contributed by atoms with van der Waals surface area (Å²) in [6, 6.07) is 6.16. The molecule has 1 N–H and O–H groups in total. The number of benzene rings is 1. The van der Waals surface area contributed by atoms with Gasteiger partial charge in [0.05, 0.1) is 12.0 Å². The zero-order valence-corrected chi connectivity index (χ0v) is 9.41. The average molecular weight is 232 g/mol. The standard InChI is InChI=1S/C11H15ClFNO/c1-14(6-7-15)8-11(12)9-2-4-10(13)5-3-9/h2-5,11,15H,6-8H2,1H3. The van der Waals surface area contributed by atoms with Gasteiger partial charge in [-0.3, -0.25) is 0 Å². The summed E-state index contributed by atoms with van der Waals surface area (Å²) in [4.78, 5) is 1.93. The number of hydrogen-bond acceptors (Lipinski definition) is 2. The Morgan fingerprint density at radius 1 is 1.40 bits per heavy atom. The predicted molar refractivity (Wildman–Crippen MR) is 59.6 cm³/mol. The van der Waals surface area contributed by atoms with Crippen LogP contribution in [-0.2, 0) is 0 Å². The van der Waals surface area contributed by atoms with Gasteiger partial charge in [0.15, 0.2) is 0 Å². The average Bonchev–Trinajstić information content (AvgIpc) is 2.18. The molecule has 1 aromatic carbocycles. The Hall–Kier alpha value is -0.640. The zero-order chi connectivity index (χ0) is 11.3. The van der Waals surface area contributed by atoms with Crippen LogP contribution in [0.1, 0.15) is 10.9 Å². The van der Waals surface area contributed by atoms with Crippen LogP contribution in [0.2, 0.25) is 0 Å². The Morgan fingerprint density at radius 3 is 2.53 bits per heavy atom. The van der Waals surface area contributed by atoms with E-state index in [1.165, 1.54) is 12.1 Å². The van der Waals surface area contributed by atoms with Crippen LogP contribution < -0.4 is 0 Å². The lowest BCUT2D eigenvalue weighted by Crippen LogP contribution is -2.25. The van der Waals surface area contributed by atoms with Crippen LogP contribution in [0.25, 0.3) is 0 Å². The molecule has 0 aromatic heterocycles. The molecule has 0 fully saturated rings. The molecule has 0 aliphatic rings. The van der Waals surface area contributed by atoms with Gasteiger partial charge in [0, 0.05) is 13.1 Å². The highest BCUT2D eigenvalue weighted by Crippen LogP contribution is 2.21. The van der Waals surface area contributed by atoms with Crippen molar-refractivity contribution < 1.29 is 9.50 Å². The number of aliphatic hydroxyl groups is 1. The van der Waals surface area contributed by atoms with E-state index in [2.05, 4.69) is 0 Å². The lowest BCUT2D eigenvalue weighted by molar-refractivity contribution is 0.221. The van der Waals surface area contributed by atoms with Crippen LogP contribution in [0.5, 0.6) is 0 Å².